The van der Waals surface area contributed by atoms with Crippen molar-refractivity contribution in [3.05, 3.63) is 35.1 Å². The van der Waals surface area contributed by atoms with Gasteiger partial charge in [0.1, 0.15) is 5.82 Å². The fraction of sp³-hybridized carbons (Fsp3) is 0.462. The molecule has 1 amide bonds. The van der Waals surface area contributed by atoms with Crippen LogP contribution in [0.1, 0.15) is 22.3 Å². The van der Waals surface area contributed by atoms with Crippen LogP contribution < -0.4 is 10.6 Å². The molecule has 0 aromatic heterocycles. The lowest BCUT2D eigenvalue weighted by molar-refractivity contribution is 0.0561. The van der Waals surface area contributed by atoms with Crippen LogP contribution in [0.25, 0.3) is 0 Å². The van der Waals surface area contributed by atoms with Crippen molar-refractivity contribution in [3.8, 4) is 0 Å². The molecule has 0 aliphatic carbocycles. The third-order valence-electron chi connectivity index (χ3n) is 3.24. The Kier molecular flexibility index (Phi) is 3.63. The van der Waals surface area contributed by atoms with Crippen LogP contribution in [-0.4, -0.2) is 36.2 Å². The summed E-state index contributed by atoms with van der Waals surface area (Å²) in [6.07, 6.45) is 0.607. The second-order valence-corrected chi connectivity index (χ2v) is 4.79. The second kappa shape index (κ2) is 5.04. The van der Waals surface area contributed by atoms with Crippen LogP contribution in [0.5, 0.6) is 0 Å². The largest absolute Gasteiger partial charge is 0.387 e. The Morgan fingerprint density at radius 2 is 2.39 bits per heavy atom. The molecular formula is C13H17FN2O2. The van der Waals surface area contributed by atoms with Gasteiger partial charge in [0.15, 0.2) is 0 Å². The molecule has 1 atom stereocenters. The number of nitrogens with one attached hydrogen (secondary N) is 2. The summed E-state index contributed by atoms with van der Waals surface area (Å²) < 4.78 is 13.1. The number of hydrogen-bond donors (Lipinski definition) is 3. The standard InChI is InChI=1S/C13H17FN2O2/c1-9-2-3-10(14)6-11(9)12(17)16-8-13(18)4-5-15-7-13/h2-3,6,15,18H,4-5,7-8H2,1H3,(H,16,17). The monoisotopic (exact) mass is 252 g/mol. The van der Waals surface area contributed by atoms with Gasteiger partial charge < -0.3 is 15.7 Å². The van der Waals surface area contributed by atoms with Gasteiger partial charge in [0.05, 0.1) is 5.60 Å². The highest BCUT2D eigenvalue weighted by Gasteiger charge is 2.31. The molecule has 18 heavy (non-hydrogen) atoms. The van der Waals surface area contributed by atoms with Crippen molar-refractivity contribution in [1.29, 1.82) is 0 Å². The smallest absolute Gasteiger partial charge is 0.251 e. The van der Waals surface area contributed by atoms with Crippen LogP contribution in [-0.2, 0) is 0 Å². The van der Waals surface area contributed by atoms with E-state index in [1.165, 1.54) is 12.1 Å². The zero-order valence-electron chi connectivity index (χ0n) is 10.3. The Balaban J connectivity index is 2.01. The molecule has 1 aromatic rings. The SMILES string of the molecule is Cc1ccc(F)cc1C(=O)NCC1(O)CCNC1. The quantitative estimate of drug-likeness (QED) is 0.738. The van der Waals surface area contributed by atoms with Crippen molar-refractivity contribution >= 4 is 5.91 Å². The van der Waals surface area contributed by atoms with Crippen molar-refractivity contribution < 1.29 is 14.3 Å². The summed E-state index contributed by atoms with van der Waals surface area (Å²) in [6.45, 7) is 3.13. The molecule has 0 bridgehead atoms. The van der Waals surface area contributed by atoms with Gasteiger partial charge in [0, 0.05) is 18.7 Å². The maximum Gasteiger partial charge on any atom is 0.251 e. The summed E-state index contributed by atoms with van der Waals surface area (Å²) in [6, 6.07) is 4.10. The molecule has 0 spiro atoms. The average molecular weight is 252 g/mol. The molecule has 1 aliphatic rings. The van der Waals surface area contributed by atoms with Crippen LogP contribution in [0, 0.1) is 12.7 Å². The number of amides is 1. The number of hydrogen-bond acceptors (Lipinski definition) is 3. The van der Waals surface area contributed by atoms with E-state index in [2.05, 4.69) is 10.6 Å². The third kappa shape index (κ3) is 2.86. The molecule has 1 fully saturated rings. The molecule has 5 heteroatoms. The summed E-state index contributed by atoms with van der Waals surface area (Å²) >= 11 is 0. The predicted molar refractivity (Wildman–Crippen MR) is 65.9 cm³/mol. The molecule has 0 radical (unpaired) electrons. The van der Waals surface area contributed by atoms with E-state index >= 15 is 0 Å². The van der Waals surface area contributed by atoms with Crippen LogP contribution in [0.4, 0.5) is 4.39 Å². The van der Waals surface area contributed by atoms with E-state index in [1.54, 1.807) is 13.0 Å². The highest BCUT2D eigenvalue weighted by atomic mass is 19.1. The van der Waals surface area contributed by atoms with Gasteiger partial charge in [-0.25, -0.2) is 4.39 Å². The number of carbonyl (C=O) groups excluding carboxylic acids is 1. The Labute approximate surface area is 105 Å². The van der Waals surface area contributed by atoms with E-state index in [4.69, 9.17) is 0 Å². The Morgan fingerprint density at radius 3 is 3.06 bits per heavy atom. The van der Waals surface area contributed by atoms with Gasteiger partial charge in [-0.3, -0.25) is 4.79 Å². The average Bonchev–Trinajstić information content (AvgIpc) is 2.77. The fourth-order valence-corrected chi connectivity index (χ4v) is 2.06. The van der Waals surface area contributed by atoms with Gasteiger partial charge in [-0.15, -0.1) is 0 Å². The first-order valence-corrected chi connectivity index (χ1v) is 5.98. The predicted octanol–water partition coefficient (Wildman–Crippen LogP) is 0.588. The zero-order valence-corrected chi connectivity index (χ0v) is 10.3. The van der Waals surface area contributed by atoms with Crippen LogP contribution in [0.15, 0.2) is 18.2 Å². The van der Waals surface area contributed by atoms with Crippen molar-refractivity contribution in [3.63, 3.8) is 0 Å². The molecular weight excluding hydrogens is 235 g/mol. The molecule has 1 heterocycles. The van der Waals surface area contributed by atoms with Gasteiger partial charge in [0.2, 0.25) is 0 Å². The summed E-state index contributed by atoms with van der Waals surface area (Å²) in [7, 11) is 0. The number of halogens is 1. The van der Waals surface area contributed by atoms with Crippen molar-refractivity contribution in [1.82, 2.24) is 10.6 Å². The summed E-state index contributed by atoms with van der Waals surface area (Å²) in [5.41, 5.74) is 0.131. The van der Waals surface area contributed by atoms with E-state index in [1.807, 2.05) is 0 Å². The minimum absolute atomic E-state index is 0.175. The zero-order chi connectivity index (χ0) is 13.2. The van der Waals surface area contributed by atoms with E-state index in [-0.39, 0.29) is 12.5 Å². The molecule has 4 nitrogen and oxygen atoms in total. The van der Waals surface area contributed by atoms with E-state index < -0.39 is 11.4 Å². The van der Waals surface area contributed by atoms with E-state index in [0.29, 0.717) is 24.1 Å². The maximum atomic E-state index is 13.1. The number of aryl methyl sites for hydroxylation is 1. The molecule has 1 aromatic carbocycles. The summed E-state index contributed by atoms with van der Waals surface area (Å²) in [5.74, 6) is -0.792. The normalized spacial score (nSPS) is 23.1. The second-order valence-electron chi connectivity index (χ2n) is 4.79. The highest BCUT2D eigenvalue weighted by Crippen LogP contribution is 2.14. The lowest BCUT2D eigenvalue weighted by Gasteiger charge is -2.21. The number of aliphatic hydroxyl groups is 1. The molecule has 1 saturated heterocycles. The van der Waals surface area contributed by atoms with Gasteiger partial charge in [-0.05, 0) is 37.6 Å². The molecule has 98 valence electrons. The first kappa shape index (κ1) is 13.0. The number of β-amino-alcohol motifs (C(OH)–C–C–N with tert-alkyl or cyclic N) is 1. The lowest BCUT2D eigenvalue weighted by atomic mass is 10.0. The third-order valence-corrected chi connectivity index (χ3v) is 3.24. The Hall–Kier alpha value is -1.46. The van der Waals surface area contributed by atoms with Crippen molar-refractivity contribution in [2.24, 2.45) is 0 Å². The lowest BCUT2D eigenvalue weighted by Crippen LogP contribution is -2.44. The molecule has 2 rings (SSSR count). The first-order chi connectivity index (χ1) is 8.50. The van der Waals surface area contributed by atoms with Crippen LogP contribution in [0.2, 0.25) is 0 Å². The van der Waals surface area contributed by atoms with E-state index in [0.717, 1.165) is 6.54 Å². The molecule has 3 N–H and O–H groups in total. The van der Waals surface area contributed by atoms with Gasteiger partial charge in [-0.2, -0.15) is 0 Å². The summed E-state index contributed by atoms with van der Waals surface area (Å²) in [4.78, 5) is 11.9. The van der Waals surface area contributed by atoms with Gasteiger partial charge >= 0.3 is 0 Å². The fourth-order valence-electron chi connectivity index (χ4n) is 2.06. The van der Waals surface area contributed by atoms with Gasteiger partial charge in [-0.1, -0.05) is 6.07 Å². The Morgan fingerprint density at radius 1 is 1.61 bits per heavy atom. The first-order valence-electron chi connectivity index (χ1n) is 5.98. The van der Waals surface area contributed by atoms with Crippen LogP contribution in [0.3, 0.4) is 0 Å². The maximum absolute atomic E-state index is 13.1. The highest BCUT2D eigenvalue weighted by molar-refractivity contribution is 5.95. The van der Waals surface area contributed by atoms with Crippen molar-refractivity contribution in [2.75, 3.05) is 19.6 Å². The number of carbonyl (C=O) groups is 1. The van der Waals surface area contributed by atoms with Crippen molar-refractivity contribution in [2.45, 2.75) is 18.9 Å². The molecule has 1 aliphatic heterocycles. The number of rotatable bonds is 3. The Bertz CT molecular complexity index is 456. The minimum atomic E-state index is -0.892. The summed E-state index contributed by atoms with van der Waals surface area (Å²) in [5, 5.41) is 15.7. The topological polar surface area (TPSA) is 61.4 Å². The minimum Gasteiger partial charge on any atom is -0.387 e. The number of benzene rings is 1. The van der Waals surface area contributed by atoms with Gasteiger partial charge in [0.25, 0.3) is 5.91 Å². The molecule has 0 saturated carbocycles. The molecule has 1 unspecified atom stereocenters. The van der Waals surface area contributed by atoms with Crippen LogP contribution >= 0.6 is 0 Å². The van der Waals surface area contributed by atoms with E-state index in [9.17, 15) is 14.3 Å².